The average Bonchev–Trinajstić information content (AvgIpc) is 3.51. The molecule has 1 aromatic heterocycles. The maximum atomic E-state index is 13.1. The van der Waals surface area contributed by atoms with Crippen LogP contribution < -0.4 is 10.9 Å². The van der Waals surface area contributed by atoms with Crippen molar-refractivity contribution in [1.82, 2.24) is 19.3 Å². The van der Waals surface area contributed by atoms with Crippen LogP contribution in [0, 0.1) is 0 Å². The van der Waals surface area contributed by atoms with Crippen molar-refractivity contribution in [2.45, 2.75) is 25.5 Å². The molecule has 0 saturated carbocycles. The number of anilines is 1. The highest BCUT2D eigenvalue weighted by molar-refractivity contribution is 7.13. The van der Waals surface area contributed by atoms with Crippen molar-refractivity contribution in [3.05, 3.63) is 70.2 Å². The van der Waals surface area contributed by atoms with Crippen LogP contribution in [0.2, 0.25) is 0 Å². The van der Waals surface area contributed by atoms with Gasteiger partial charge in [0.2, 0.25) is 0 Å². The standard InChI is InChI=1S/C21H19N5O3S/c27-19(23-21-22-8-10-30-21)16-12-25(11-15-7-4-9-29-15)13-17-18(16)24-26(20(17)28)14-5-2-1-3-6-14/h1-3,5-6,8,10,12-13,15H,4,7,9,11H2,(H,22,23,27). The molecule has 0 bridgehead atoms. The molecular formula is C21H19N5O3S. The number of carbonyl (C=O) groups is 1. The minimum absolute atomic E-state index is 0.0709. The number of carbonyl (C=O) groups excluding carboxylic acids is 1. The number of fused-ring (bicyclic) bond motifs is 1. The van der Waals surface area contributed by atoms with Crippen molar-refractivity contribution in [2.75, 3.05) is 11.9 Å². The van der Waals surface area contributed by atoms with Gasteiger partial charge >= 0.3 is 0 Å². The first kappa shape index (κ1) is 18.7. The summed E-state index contributed by atoms with van der Waals surface area (Å²) >= 11 is 1.33. The first-order valence-electron chi connectivity index (χ1n) is 9.70. The number of amides is 1. The van der Waals surface area contributed by atoms with E-state index in [2.05, 4.69) is 15.4 Å². The summed E-state index contributed by atoms with van der Waals surface area (Å²) in [5.74, 6) is -0.352. The van der Waals surface area contributed by atoms with Gasteiger partial charge in [0.15, 0.2) is 5.13 Å². The van der Waals surface area contributed by atoms with E-state index in [9.17, 15) is 9.59 Å². The molecule has 152 valence electrons. The number of para-hydroxylation sites is 1. The molecule has 1 N–H and O–H groups in total. The van der Waals surface area contributed by atoms with Crippen molar-refractivity contribution in [3.63, 3.8) is 0 Å². The Morgan fingerprint density at radius 3 is 2.87 bits per heavy atom. The second kappa shape index (κ2) is 7.85. The molecule has 1 saturated heterocycles. The minimum atomic E-state index is -0.352. The molecule has 3 aliphatic rings. The predicted molar refractivity (Wildman–Crippen MR) is 113 cm³/mol. The SMILES string of the molecule is O=C(Nc1nccs1)c1cn(CC2CCCO2)cc2c(=O)n(-c3ccccc3)nc1-2. The summed E-state index contributed by atoms with van der Waals surface area (Å²) in [4.78, 5) is 30.3. The van der Waals surface area contributed by atoms with Crippen LogP contribution in [0.5, 0.6) is 0 Å². The Kier molecular flexibility index (Phi) is 4.89. The van der Waals surface area contributed by atoms with Gasteiger partial charge in [-0.1, -0.05) is 18.2 Å². The number of ether oxygens (including phenoxy) is 1. The lowest BCUT2D eigenvalue weighted by molar-refractivity contribution is 0.0961. The molecule has 1 aromatic carbocycles. The summed E-state index contributed by atoms with van der Waals surface area (Å²) in [5, 5.41) is 9.56. The van der Waals surface area contributed by atoms with E-state index >= 15 is 0 Å². The van der Waals surface area contributed by atoms with Crippen LogP contribution in [0.15, 0.2) is 59.1 Å². The van der Waals surface area contributed by atoms with Crippen LogP contribution in [0.3, 0.4) is 0 Å². The molecule has 8 nitrogen and oxygen atoms in total. The highest BCUT2D eigenvalue weighted by atomic mass is 32.1. The summed E-state index contributed by atoms with van der Waals surface area (Å²) in [6.45, 7) is 1.31. The molecule has 9 heteroatoms. The molecule has 4 heterocycles. The van der Waals surface area contributed by atoms with E-state index in [4.69, 9.17) is 4.74 Å². The fraction of sp³-hybridized carbons (Fsp3) is 0.238. The zero-order valence-electron chi connectivity index (χ0n) is 16.0. The first-order valence-corrected chi connectivity index (χ1v) is 10.6. The second-order valence-corrected chi connectivity index (χ2v) is 8.00. The van der Waals surface area contributed by atoms with Crippen molar-refractivity contribution < 1.29 is 9.53 Å². The molecule has 1 atom stereocenters. The Bertz CT molecular complexity index is 1190. The lowest BCUT2D eigenvalue weighted by Crippen LogP contribution is -2.20. The quantitative estimate of drug-likeness (QED) is 0.535. The number of nitrogens with zero attached hydrogens (tertiary/aromatic N) is 4. The van der Waals surface area contributed by atoms with Gasteiger partial charge in [-0.15, -0.1) is 11.3 Å². The smallest absolute Gasteiger partial charge is 0.282 e. The second-order valence-electron chi connectivity index (χ2n) is 7.11. The van der Waals surface area contributed by atoms with Gasteiger partial charge in [-0.3, -0.25) is 14.9 Å². The van der Waals surface area contributed by atoms with E-state index in [0.29, 0.717) is 34.2 Å². The van der Waals surface area contributed by atoms with Crippen LogP contribution in [0.4, 0.5) is 5.13 Å². The number of pyridine rings is 1. The molecule has 0 aliphatic carbocycles. The fourth-order valence-electron chi connectivity index (χ4n) is 3.65. The third-order valence-corrected chi connectivity index (χ3v) is 5.75. The highest BCUT2D eigenvalue weighted by Crippen LogP contribution is 2.25. The normalized spacial score (nSPS) is 16.2. The van der Waals surface area contributed by atoms with Gasteiger partial charge in [-0.05, 0) is 25.0 Å². The molecular weight excluding hydrogens is 402 g/mol. The number of benzene rings is 1. The summed E-state index contributed by atoms with van der Waals surface area (Å²) in [7, 11) is 0. The zero-order chi connectivity index (χ0) is 20.5. The number of aromatic nitrogens is 4. The number of nitrogens with one attached hydrogen (secondary N) is 1. The van der Waals surface area contributed by atoms with E-state index in [1.54, 1.807) is 24.0 Å². The Hall–Kier alpha value is -3.30. The molecule has 0 radical (unpaired) electrons. The van der Waals surface area contributed by atoms with E-state index in [0.717, 1.165) is 19.4 Å². The van der Waals surface area contributed by atoms with Crippen LogP contribution in [-0.4, -0.2) is 37.9 Å². The number of rotatable bonds is 5. The first-order chi connectivity index (χ1) is 14.7. The van der Waals surface area contributed by atoms with E-state index in [1.807, 2.05) is 34.9 Å². The van der Waals surface area contributed by atoms with Gasteiger partial charge in [-0.2, -0.15) is 9.78 Å². The minimum Gasteiger partial charge on any atom is -0.376 e. The summed E-state index contributed by atoms with van der Waals surface area (Å²) in [6, 6.07) is 9.18. The Labute approximate surface area is 176 Å². The van der Waals surface area contributed by atoms with Gasteiger partial charge in [0.05, 0.1) is 22.9 Å². The topological polar surface area (TPSA) is 91.0 Å². The summed E-state index contributed by atoms with van der Waals surface area (Å²) < 4.78 is 8.92. The molecule has 5 rings (SSSR count). The molecule has 1 unspecified atom stereocenters. The van der Waals surface area contributed by atoms with Crippen LogP contribution >= 0.6 is 11.3 Å². The molecule has 2 aromatic rings. The molecule has 0 spiro atoms. The number of hydrogen-bond donors (Lipinski definition) is 1. The monoisotopic (exact) mass is 421 g/mol. The van der Waals surface area contributed by atoms with E-state index < -0.39 is 0 Å². The van der Waals surface area contributed by atoms with Gasteiger partial charge in [0, 0.05) is 37.1 Å². The van der Waals surface area contributed by atoms with Gasteiger partial charge < -0.3 is 9.30 Å². The van der Waals surface area contributed by atoms with E-state index in [-0.39, 0.29) is 17.6 Å². The van der Waals surface area contributed by atoms with Gasteiger partial charge in [-0.25, -0.2) is 4.98 Å². The third kappa shape index (κ3) is 3.53. The lowest BCUT2D eigenvalue weighted by atomic mass is 10.1. The summed E-state index contributed by atoms with van der Waals surface area (Å²) in [5.41, 5.74) is 1.47. The van der Waals surface area contributed by atoms with Gasteiger partial charge in [0.25, 0.3) is 11.5 Å². The Morgan fingerprint density at radius 2 is 2.13 bits per heavy atom. The maximum absolute atomic E-state index is 13.1. The molecule has 1 amide bonds. The highest BCUT2D eigenvalue weighted by Gasteiger charge is 2.26. The zero-order valence-corrected chi connectivity index (χ0v) is 16.8. The van der Waals surface area contributed by atoms with Crippen LogP contribution in [-0.2, 0) is 11.3 Å². The molecule has 3 aliphatic heterocycles. The Balaban J connectivity index is 1.61. The number of thiazole rings is 1. The van der Waals surface area contributed by atoms with Crippen molar-refractivity contribution in [1.29, 1.82) is 0 Å². The molecule has 30 heavy (non-hydrogen) atoms. The predicted octanol–water partition coefficient (Wildman–Crippen LogP) is 3.03. The third-order valence-electron chi connectivity index (χ3n) is 5.06. The lowest BCUT2D eigenvalue weighted by Gasteiger charge is -2.15. The number of hydrogen-bond acceptors (Lipinski definition) is 6. The van der Waals surface area contributed by atoms with Gasteiger partial charge in [0.1, 0.15) is 5.69 Å². The molecule has 1 fully saturated rings. The van der Waals surface area contributed by atoms with Crippen LogP contribution in [0.25, 0.3) is 16.9 Å². The van der Waals surface area contributed by atoms with Crippen molar-refractivity contribution >= 4 is 22.4 Å². The summed E-state index contributed by atoms with van der Waals surface area (Å²) in [6.07, 6.45) is 7.16. The van der Waals surface area contributed by atoms with Crippen molar-refractivity contribution in [2.24, 2.45) is 0 Å². The largest absolute Gasteiger partial charge is 0.376 e. The van der Waals surface area contributed by atoms with E-state index in [1.165, 1.54) is 16.0 Å². The van der Waals surface area contributed by atoms with Crippen LogP contribution in [0.1, 0.15) is 23.2 Å². The fourth-order valence-corrected chi connectivity index (χ4v) is 4.17. The maximum Gasteiger partial charge on any atom is 0.282 e. The van der Waals surface area contributed by atoms with Crippen molar-refractivity contribution in [3.8, 4) is 16.9 Å². The average molecular weight is 421 g/mol. The Morgan fingerprint density at radius 1 is 1.27 bits per heavy atom.